The van der Waals surface area contributed by atoms with Crippen molar-refractivity contribution in [2.75, 3.05) is 12.4 Å². The van der Waals surface area contributed by atoms with Gasteiger partial charge in [0, 0.05) is 0 Å². The van der Waals surface area contributed by atoms with E-state index in [0.717, 1.165) is 0 Å². The fourth-order valence-corrected chi connectivity index (χ4v) is 4.00. The fourth-order valence-electron chi connectivity index (χ4n) is 3.05. The van der Waals surface area contributed by atoms with Crippen LogP contribution in [0.1, 0.15) is 27.6 Å². The topological polar surface area (TPSA) is 102 Å². The van der Waals surface area contributed by atoms with Gasteiger partial charge in [-0.3, -0.25) is 0 Å². The molecule has 8 heteroatoms. The zero-order chi connectivity index (χ0) is 21.5. The Morgan fingerprint density at radius 2 is 1.50 bits per heavy atom. The molecule has 2 N–H and O–H groups in total. The van der Waals surface area contributed by atoms with Crippen LogP contribution in [0.15, 0.2) is 60.7 Å². The quantitative estimate of drug-likeness (QED) is 0.643. The molecule has 0 spiro atoms. The number of thioether (sulfide) groups is 1. The molecule has 0 radical (unpaired) electrons. The van der Waals surface area contributed by atoms with Crippen molar-refractivity contribution in [3.05, 3.63) is 71.8 Å². The van der Waals surface area contributed by atoms with Gasteiger partial charge in [-0.15, -0.1) is 11.8 Å². The van der Waals surface area contributed by atoms with E-state index in [0.29, 0.717) is 16.9 Å². The van der Waals surface area contributed by atoms with Crippen LogP contribution in [-0.4, -0.2) is 64.4 Å². The van der Waals surface area contributed by atoms with E-state index in [1.54, 1.807) is 60.7 Å². The summed E-state index contributed by atoms with van der Waals surface area (Å²) in [6, 6.07) is 16.8. The molecule has 7 nitrogen and oxygen atoms in total. The molecule has 1 fully saturated rings. The maximum absolute atomic E-state index is 12.4. The van der Waals surface area contributed by atoms with E-state index in [1.165, 1.54) is 11.8 Å². The standard InChI is InChI=1S/C22H24O7S/c1-2-30-22-19(29-21(26)15-11-7-4-8-12-15)18(24)17(23)16(28-22)13-27-20(25)14-9-5-3-6-10-14/h3-12,16-19,22-24H,2,13H2,1H3/t16-,17+,18+,19-,22-/m1/s1. The molecule has 1 heterocycles. The van der Waals surface area contributed by atoms with Gasteiger partial charge < -0.3 is 24.4 Å². The lowest BCUT2D eigenvalue weighted by atomic mass is 10.00. The van der Waals surface area contributed by atoms with Gasteiger partial charge in [-0.05, 0) is 30.0 Å². The van der Waals surface area contributed by atoms with Crippen LogP contribution in [0.2, 0.25) is 0 Å². The van der Waals surface area contributed by atoms with Crippen molar-refractivity contribution in [2.45, 2.75) is 36.8 Å². The first-order valence-corrected chi connectivity index (χ1v) is 10.7. The minimum atomic E-state index is -1.39. The zero-order valence-electron chi connectivity index (χ0n) is 16.4. The number of hydrogen-bond acceptors (Lipinski definition) is 8. The van der Waals surface area contributed by atoms with Crippen LogP contribution in [0.3, 0.4) is 0 Å². The van der Waals surface area contributed by atoms with Gasteiger partial charge in [-0.25, -0.2) is 9.59 Å². The van der Waals surface area contributed by atoms with Crippen molar-refractivity contribution in [3.8, 4) is 0 Å². The second kappa shape index (κ2) is 10.6. The van der Waals surface area contributed by atoms with Crippen LogP contribution in [0, 0.1) is 0 Å². The monoisotopic (exact) mass is 432 g/mol. The van der Waals surface area contributed by atoms with Gasteiger partial charge in [-0.2, -0.15) is 0 Å². The van der Waals surface area contributed by atoms with Crippen LogP contribution >= 0.6 is 11.8 Å². The lowest BCUT2D eigenvalue weighted by molar-refractivity contribution is -0.206. The second-order valence-electron chi connectivity index (χ2n) is 6.68. The average molecular weight is 432 g/mol. The first-order chi connectivity index (χ1) is 14.5. The second-order valence-corrected chi connectivity index (χ2v) is 8.06. The molecule has 0 amide bonds. The predicted molar refractivity (Wildman–Crippen MR) is 111 cm³/mol. The van der Waals surface area contributed by atoms with E-state index < -0.39 is 41.8 Å². The third-order valence-corrected chi connectivity index (χ3v) is 5.66. The third kappa shape index (κ3) is 5.40. The molecular weight excluding hydrogens is 408 g/mol. The summed E-state index contributed by atoms with van der Waals surface area (Å²) in [4.78, 5) is 24.6. The summed E-state index contributed by atoms with van der Waals surface area (Å²) in [5.41, 5.74) is -0.0164. The van der Waals surface area contributed by atoms with E-state index in [4.69, 9.17) is 14.2 Å². The third-order valence-electron chi connectivity index (χ3n) is 4.62. The number of aliphatic hydroxyl groups is 2. The number of carbonyl (C=O) groups excluding carboxylic acids is 2. The Labute approximate surface area is 179 Å². The number of ether oxygens (including phenoxy) is 3. The summed E-state index contributed by atoms with van der Waals surface area (Å²) >= 11 is 1.33. The smallest absolute Gasteiger partial charge is 0.338 e. The highest BCUT2D eigenvalue weighted by atomic mass is 32.2. The summed E-state index contributed by atoms with van der Waals surface area (Å²) in [6.45, 7) is 1.65. The van der Waals surface area contributed by atoms with E-state index in [1.807, 2.05) is 6.92 Å². The first kappa shape index (κ1) is 22.3. The Kier molecular flexibility index (Phi) is 7.87. The number of hydrogen-bond donors (Lipinski definition) is 2. The average Bonchev–Trinajstić information content (AvgIpc) is 2.78. The molecule has 1 aliphatic rings. The largest absolute Gasteiger partial charge is 0.459 e. The van der Waals surface area contributed by atoms with Crippen LogP contribution in [-0.2, 0) is 14.2 Å². The molecule has 1 aliphatic heterocycles. The molecule has 5 atom stereocenters. The highest BCUT2D eigenvalue weighted by molar-refractivity contribution is 7.99. The van der Waals surface area contributed by atoms with Crippen molar-refractivity contribution in [1.29, 1.82) is 0 Å². The normalized spacial score (nSPS) is 26.0. The van der Waals surface area contributed by atoms with Gasteiger partial charge in [0.15, 0.2) is 6.10 Å². The molecule has 30 heavy (non-hydrogen) atoms. The first-order valence-electron chi connectivity index (χ1n) is 9.62. The molecule has 0 unspecified atom stereocenters. The van der Waals surface area contributed by atoms with E-state index in [-0.39, 0.29) is 6.61 Å². The van der Waals surface area contributed by atoms with Crippen molar-refractivity contribution in [3.63, 3.8) is 0 Å². The predicted octanol–water partition coefficient (Wildman–Crippen LogP) is 2.27. The Hall–Kier alpha value is -2.39. The van der Waals surface area contributed by atoms with Crippen molar-refractivity contribution < 1.29 is 34.0 Å². The minimum absolute atomic E-state index is 0.244. The zero-order valence-corrected chi connectivity index (χ0v) is 17.2. The maximum Gasteiger partial charge on any atom is 0.338 e. The molecule has 2 aromatic carbocycles. The molecule has 160 valence electrons. The minimum Gasteiger partial charge on any atom is -0.459 e. The Bertz CT molecular complexity index is 828. The van der Waals surface area contributed by atoms with E-state index in [9.17, 15) is 19.8 Å². The lowest BCUT2D eigenvalue weighted by Gasteiger charge is -2.41. The Morgan fingerprint density at radius 3 is 2.07 bits per heavy atom. The number of esters is 2. The Morgan fingerprint density at radius 1 is 0.933 bits per heavy atom. The molecule has 0 aromatic heterocycles. The van der Waals surface area contributed by atoms with Crippen molar-refractivity contribution >= 4 is 23.7 Å². The number of rotatable bonds is 7. The van der Waals surface area contributed by atoms with Gasteiger partial charge in [0.05, 0.1) is 11.1 Å². The summed E-state index contributed by atoms with van der Waals surface area (Å²) < 4.78 is 16.6. The fraction of sp³-hybridized carbons (Fsp3) is 0.364. The molecule has 2 aromatic rings. The highest BCUT2D eigenvalue weighted by Gasteiger charge is 2.47. The maximum atomic E-state index is 12.4. The van der Waals surface area contributed by atoms with Gasteiger partial charge in [-0.1, -0.05) is 43.3 Å². The molecule has 0 saturated carbocycles. The van der Waals surface area contributed by atoms with Gasteiger partial charge in [0.25, 0.3) is 0 Å². The summed E-state index contributed by atoms with van der Waals surface area (Å²) in [5.74, 6) is -0.548. The molecule has 0 bridgehead atoms. The van der Waals surface area contributed by atoms with Crippen molar-refractivity contribution in [1.82, 2.24) is 0 Å². The van der Waals surface area contributed by atoms with Crippen LogP contribution < -0.4 is 0 Å². The molecular formula is C22H24O7S. The van der Waals surface area contributed by atoms with Gasteiger partial charge in [0.2, 0.25) is 0 Å². The summed E-state index contributed by atoms with van der Waals surface area (Å²) in [5, 5.41) is 21.1. The number of aliphatic hydroxyl groups excluding tert-OH is 2. The summed E-state index contributed by atoms with van der Waals surface area (Å²) in [7, 11) is 0. The molecule has 1 saturated heterocycles. The lowest BCUT2D eigenvalue weighted by Crippen LogP contribution is -2.59. The summed E-state index contributed by atoms with van der Waals surface area (Å²) in [6.07, 6.45) is -4.81. The van der Waals surface area contributed by atoms with Crippen molar-refractivity contribution in [2.24, 2.45) is 0 Å². The van der Waals surface area contributed by atoms with Crippen LogP contribution in [0.4, 0.5) is 0 Å². The van der Waals surface area contributed by atoms with Gasteiger partial charge >= 0.3 is 11.9 Å². The van der Waals surface area contributed by atoms with Crippen LogP contribution in [0.25, 0.3) is 0 Å². The molecule has 0 aliphatic carbocycles. The number of benzene rings is 2. The SMILES string of the molecule is CCS[C@H]1O[C@H](COC(=O)c2ccccc2)[C@H](O)[C@H](O)[C@H]1OC(=O)c1ccccc1. The van der Waals surface area contributed by atoms with Crippen LogP contribution in [0.5, 0.6) is 0 Å². The van der Waals surface area contributed by atoms with Gasteiger partial charge in [0.1, 0.15) is 30.4 Å². The molecule has 3 rings (SSSR count). The van der Waals surface area contributed by atoms with E-state index in [2.05, 4.69) is 0 Å². The Balaban J connectivity index is 1.65. The van der Waals surface area contributed by atoms with E-state index >= 15 is 0 Å². The number of carbonyl (C=O) groups is 2. The highest BCUT2D eigenvalue weighted by Crippen LogP contribution is 2.31.